The van der Waals surface area contributed by atoms with Crippen LogP contribution in [0.15, 0.2) is 18.5 Å². The van der Waals surface area contributed by atoms with Gasteiger partial charge in [-0.2, -0.15) is 4.52 Å². The van der Waals surface area contributed by atoms with Crippen LogP contribution in [-0.4, -0.2) is 32.3 Å². The van der Waals surface area contributed by atoms with E-state index in [2.05, 4.69) is 20.6 Å². The number of carbonyl (C=O) groups is 1. The molecular formula is C7H6N5O2-. The Morgan fingerprint density at radius 3 is 3.21 bits per heavy atom. The molecule has 0 aliphatic heterocycles. The molecule has 1 N–H and O–H groups in total. The van der Waals surface area contributed by atoms with Crippen molar-refractivity contribution in [2.24, 2.45) is 0 Å². The van der Waals surface area contributed by atoms with Crippen LogP contribution in [0.2, 0.25) is 0 Å². The fraction of sp³-hybridized carbons (Fsp3) is 0.143. The SMILES string of the molecule is O=C([O-])CNc1ccc2nncn2n1. The number of rotatable bonds is 3. The zero-order chi connectivity index (χ0) is 9.97. The smallest absolute Gasteiger partial charge is 0.177 e. The summed E-state index contributed by atoms with van der Waals surface area (Å²) in [6, 6.07) is 3.30. The summed E-state index contributed by atoms with van der Waals surface area (Å²) in [5, 5.41) is 24.1. The normalized spacial score (nSPS) is 10.3. The molecule has 0 saturated heterocycles. The van der Waals surface area contributed by atoms with Crippen molar-refractivity contribution < 1.29 is 9.90 Å². The predicted molar refractivity (Wildman–Crippen MR) is 44.3 cm³/mol. The van der Waals surface area contributed by atoms with Gasteiger partial charge >= 0.3 is 0 Å². The van der Waals surface area contributed by atoms with Crippen molar-refractivity contribution in [1.29, 1.82) is 0 Å². The molecule has 0 spiro atoms. The maximum Gasteiger partial charge on any atom is 0.177 e. The first-order valence-corrected chi connectivity index (χ1v) is 3.86. The Kier molecular flexibility index (Phi) is 1.98. The van der Waals surface area contributed by atoms with E-state index in [1.165, 1.54) is 10.8 Å². The van der Waals surface area contributed by atoms with E-state index >= 15 is 0 Å². The van der Waals surface area contributed by atoms with Crippen LogP contribution in [0.25, 0.3) is 5.65 Å². The molecule has 0 aliphatic carbocycles. The van der Waals surface area contributed by atoms with Crippen LogP contribution in [0.1, 0.15) is 0 Å². The molecule has 0 aromatic carbocycles. The number of nitrogens with one attached hydrogen (secondary N) is 1. The first kappa shape index (κ1) is 8.42. The predicted octanol–water partition coefficient (Wildman–Crippen LogP) is -1.71. The zero-order valence-electron chi connectivity index (χ0n) is 7.04. The van der Waals surface area contributed by atoms with E-state index in [0.717, 1.165) is 0 Å². The van der Waals surface area contributed by atoms with Gasteiger partial charge in [-0.3, -0.25) is 0 Å². The number of nitrogens with zero attached hydrogens (tertiary/aromatic N) is 4. The molecule has 0 unspecified atom stereocenters. The highest BCUT2D eigenvalue weighted by atomic mass is 16.4. The van der Waals surface area contributed by atoms with Gasteiger partial charge in [0.05, 0.1) is 12.5 Å². The van der Waals surface area contributed by atoms with Gasteiger partial charge in [0.15, 0.2) is 5.65 Å². The number of aliphatic carboxylic acids is 1. The molecule has 0 saturated carbocycles. The third-order valence-electron chi connectivity index (χ3n) is 1.58. The maximum absolute atomic E-state index is 10.2. The van der Waals surface area contributed by atoms with E-state index in [4.69, 9.17) is 0 Å². The van der Waals surface area contributed by atoms with Crippen LogP contribution in [0.5, 0.6) is 0 Å². The van der Waals surface area contributed by atoms with Gasteiger partial charge in [0.2, 0.25) is 0 Å². The number of carbonyl (C=O) groups excluding carboxylic acids is 1. The molecule has 7 heteroatoms. The van der Waals surface area contributed by atoms with Gasteiger partial charge in [-0.05, 0) is 12.1 Å². The van der Waals surface area contributed by atoms with Gasteiger partial charge in [0.25, 0.3) is 0 Å². The number of fused-ring (bicyclic) bond motifs is 1. The standard InChI is InChI=1S/C7H7N5O2/c13-7(14)3-8-5-1-2-6-10-9-4-12(6)11-5/h1-2,4H,3H2,(H,8,11)(H,13,14)/p-1. The van der Waals surface area contributed by atoms with Crippen LogP contribution in [-0.2, 0) is 4.79 Å². The van der Waals surface area contributed by atoms with E-state index in [9.17, 15) is 9.90 Å². The lowest BCUT2D eigenvalue weighted by atomic mass is 10.5. The largest absolute Gasteiger partial charge is 0.548 e. The minimum absolute atomic E-state index is 0.277. The molecule has 0 fully saturated rings. The van der Waals surface area contributed by atoms with Crippen LogP contribution in [0.3, 0.4) is 0 Å². The molecule has 0 bridgehead atoms. The average molecular weight is 192 g/mol. The van der Waals surface area contributed by atoms with Crippen molar-refractivity contribution in [2.75, 3.05) is 11.9 Å². The lowest BCUT2D eigenvalue weighted by Crippen LogP contribution is -2.30. The Labute approximate surface area is 78.4 Å². The lowest BCUT2D eigenvalue weighted by Gasteiger charge is -2.05. The van der Waals surface area contributed by atoms with E-state index in [-0.39, 0.29) is 6.54 Å². The summed E-state index contributed by atoms with van der Waals surface area (Å²) in [5.41, 5.74) is 0.601. The molecule has 0 aliphatic rings. The van der Waals surface area contributed by atoms with Gasteiger partial charge in [0.1, 0.15) is 12.1 Å². The highest BCUT2D eigenvalue weighted by Crippen LogP contribution is 2.02. The molecule has 7 nitrogen and oxygen atoms in total. The third kappa shape index (κ3) is 1.60. The molecule has 2 aromatic rings. The summed E-state index contributed by atoms with van der Waals surface area (Å²) in [7, 11) is 0. The first-order valence-electron chi connectivity index (χ1n) is 3.86. The fourth-order valence-electron chi connectivity index (χ4n) is 0.985. The van der Waals surface area contributed by atoms with Crippen LogP contribution in [0.4, 0.5) is 5.82 Å². The Morgan fingerprint density at radius 1 is 1.57 bits per heavy atom. The summed E-state index contributed by atoms with van der Waals surface area (Å²) in [4.78, 5) is 10.2. The van der Waals surface area contributed by atoms with Crippen LogP contribution >= 0.6 is 0 Å². The number of hydrogen-bond acceptors (Lipinski definition) is 6. The monoisotopic (exact) mass is 192 g/mol. The molecule has 0 radical (unpaired) electrons. The molecule has 0 amide bonds. The highest BCUT2D eigenvalue weighted by molar-refractivity contribution is 5.70. The molecule has 2 heterocycles. The number of aromatic nitrogens is 4. The van der Waals surface area contributed by atoms with Crippen LogP contribution < -0.4 is 10.4 Å². The van der Waals surface area contributed by atoms with Gasteiger partial charge in [-0.25, -0.2) is 0 Å². The Bertz CT molecular complexity index is 466. The van der Waals surface area contributed by atoms with Gasteiger partial charge in [0, 0.05) is 0 Å². The second kappa shape index (κ2) is 3.29. The fourth-order valence-corrected chi connectivity index (χ4v) is 0.985. The van der Waals surface area contributed by atoms with Crippen molar-refractivity contribution in [3.05, 3.63) is 18.5 Å². The number of anilines is 1. The van der Waals surface area contributed by atoms with Crippen molar-refractivity contribution in [3.63, 3.8) is 0 Å². The summed E-state index contributed by atoms with van der Waals surface area (Å²) in [6.45, 7) is -0.277. The topological polar surface area (TPSA) is 95.2 Å². The maximum atomic E-state index is 10.2. The van der Waals surface area contributed by atoms with Crippen LogP contribution in [0, 0.1) is 0 Å². The minimum atomic E-state index is -1.18. The second-order valence-corrected chi connectivity index (χ2v) is 2.58. The first-order chi connectivity index (χ1) is 6.75. The van der Waals surface area contributed by atoms with Crippen molar-refractivity contribution in [3.8, 4) is 0 Å². The van der Waals surface area contributed by atoms with Gasteiger partial charge in [-0.15, -0.1) is 15.3 Å². The average Bonchev–Trinajstić information content (AvgIpc) is 2.61. The van der Waals surface area contributed by atoms with Gasteiger partial charge < -0.3 is 15.2 Å². The van der Waals surface area contributed by atoms with E-state index in [1.807, 2.05) is 0 Å². The minimum Gasteiger partial charge on any atom is -0.548 e. The Hall–Kier alpha value is -2.18. The van der Waals surface area contributed by atoms with Crippen molar-refractivity contribution in [1.82, 2.24) is 19.8 Å². The number of carboxylic acid groups (broad SMARTS) is 1. The molecule has 2 aromatic heterocycles. The summed E-state index contributed by atoms with van der Waals surface area (Å²) < 4.78 is 1.44. The number of carboxylic acids is 1. The molecule has 72 valence electrons. The van der Waals surface area contributed by atoms with Gasteiger partial charge in [-0.1, -0.05) is 0 Å². The summed E-state index contributed by atoms with van der Waals surface area (Å²) in [5.74, 6) is -0.753. The summed E-state index contributed by atoms with van der Waals surface area (Å²) in [6.07, 6.45) is 1.43. The Morgan fingerprint density at radius 2 is 2.43 bits per heavy atom. The quantitative estimate of drug-likeness (QED) is 0.621. The molecular weight excluding hydrogens is 186 g/mol. The van der Waals surface area contributed by atoms with E-state index in [0.29, 0.717) is 11.5 Å². The van der Waals surface area contributed by atoms with E-state index < -0.39 is 5.97 Å². The van der Waals surface area contributed by atoms with Crippen molar-refractivity contribution in [2.45, 2.75) is 0 Å². The lowest BCUT2D eigenvalue weighted by molar-refractivity contribution is -0.302. The van der Waals surface area contributed by atoms with E-state index in [1.54, 1.807) is 12.1 Å². The van der Waals surface area contributed by atoms with Crippen molar-refractivity contribution >= 4 is 17.4 Å². The third-order valence-corrected chi connectivity index (χ3v) is 1.58. The number of hydrogen-bond donors (Lipinski definition) is 1. The molecule has 0 atom stereocenters. The summed E-state index contributed by atoms with van der Waals surface area (Å²) >= 11 is 0. The Balaban J connectivity index is 2.21. The second-order valence-electron chi connectivity index (χ2n) is 2.58. The molecule has 2 rings (SSSR count). The zero-order valence-corrected chi connectivity index (χ0v) is 7.04. The highest BCUT2D eigenvalue weighted by Gasteiger charge is 1.97. The molecule has 14 heavy (non-hydrogen) atoms.